The molecule has 1 N–H and O–H groups in total. The van der Waals surface area contributed by atoms with Gasteiger partial charge in [-0.2, -0.15) is 5.10 Å². The number of benzene rings is 2. The molecular formula is C22H21Cl2N3O3. The third kappa shape index (κ3) is 4.25. The summed E-state index contributed by atoms with van der Waals surface area (Å²) in [5.41, 5.74) is 3.35. The lowest BCUT2D eigenvalue weighted by atomic mass is 10.1. The maximum absolute atomic E-state index is 12.6. The smallest absolute Gasteiger partial charge is 0.224 e. The highest BCUT2D eigenvalue weighted by molar-refractivity contribution is 6.42. The van der Waals surface area contributed by atoms with Crippen LogP contribution in [0.1, 0.15) is 17.0 Å². The van der Waals surface area contributed by atoms with Crippen LogP contribution in [0.15, 0.2) is 42.5 Å². The summed E-state index contributed by atoms with van der Waals surface area (Å²) in [6, 6.07) is 12.8. The molecule has 0 saturated heterocycles. The number of carbonyl (C=O) groups is 1. The zero-order valence-corrected chi connectivity index (χ0v) is 18.1. The molecule has 1 aromatic heterocycles. The highest BCUT2D eigenvalue weighted by atomic mass is 35.5. The van der Waals surface area contributed by atoms with E-state index in [0.29, 0.717) is 28.9 Å². The lowest BCUT2D eigenvalue weighted by molar-refractivity contribution is -0.121. The maximum Gasteiger partial charge on any atom is 0.224 e. The van der Waals surface area contributed by atoms with Crippen molar-refractivity contribution in [2.24, 2.45) is 0 Å². The number of hydrogen-bond donors (Lipinski definition) is 1. The number of nitrogens with zero attached hydrogens (tertiary/aromatic N) is 2. The fraction of sp³-hybridized carbons (Fsp3) is 0.273. The highest BCUT2D eigenvalue weighted by Gasteiger charge is 2.22. The summed E-state index contributed by atoms with van der Waals surface area (Å²) < 4.78 is 13.3. The molecule has 0 unspecified atom stereocenters. The molecule has 1 aliphatic heterocycles. The van der Waals surface area contributed by atoms with E-state index < -0.39 is 0 Å². The van der Waals surface area contributed by atoms with Crippen LogP contribution in [-0.4, -0.2) is 34.9 Å². The Hall–Kier alpha value is -2.70. The number of halogens is 2. The number of nitrogens with one attached hydrogen (secondary N) is 1. The predicted octanol–water partition coefficient (Wildman–Crippen LogP) is 4.29. The number of para-hydroxylation sites is 2. The van der Waals surface area contributed by atoms with Gasteiger partial charge in [0.2, 0.25) is 5.91 Å². The molecule has 2 heterocycles. The van der Waals surface area contributed by atoms with Crippen LogP contribution >= 0.6 is 23.2 Å². The molecule has 0 spiro atoms. The third-order valence-electron chi connectivity index (χ3n) is 5.02. The van der Waals surface area contributed by atoms with Crippen molar-refractivity contribution in [3.8, 4) is 17.2 Å². The van der Waals surface area contributed by atoms with Crippen LogP contribution in [-0.2, 0) is 11.2 Å². The molecule has 1 amide bonds. The van der Waals surface area contributed by atoms with Crippen LogP contribution in [0.4, 0.5) is 0 Å². The molecule has 30 heavy (non-hydrogen) atoms. The van der Waals surface area contributed by atoms with Gasteiger partial charge in [-0.1, -0.05) is 35.3 Å². The van der Waals surface area contributed by atoms with Gasteiger partial charge in [0.15, 0.2) is 11.5 Å². The Morgan fingerprint density at radius 3 is 2.70 bits per heavy atom. The SMILES string of the molecule is Cc1nn(-c2ccc(Cl)c(Cl)c2)c(C)c1CC(=O)NC[C@@H]1COc2ccccc2O1. The van der Waals surface area contributed by atoms with Gasteiger partial charge < -0.3 is 14.8 Å². The zero-order chi connectivity index (χ0) is 21.3. The first-order valence-electron chi connectivity index (χ1n) is 9.58. The molecule has 0 saturated carbocycles. The van der Waals surface area contributed by atoms with Crippen LogP contribution in [0.25, 0.3) is 5.69 Å². The van der Waals surface area contributed by atoms with Gasteiger partial charge in [-0.25, -0.2) is 4.68 Å². The van der Waals surface area contributed by atoms with Crippen molar-refractivity contribution < 1.29 is 14.3 Å². The van der Waals surface area contributed by atoms with Gasteiger partial charge in [0.1, 0.15) is 12.7 Å². The Morgan fingerprint density at radius 2 is 1.93 bits per heavy atom. The number of amides is 1. The average Bonchev–Trinajstić information content (AvgIpc) is 3.02. The second kappa shape index (κ2) is 8.58. The molecule has 0 aliphatic carbocycles. The van der Waals surface area contributed by atoms with Gasteiger partial charge in [-0.15, -0.1) is 0 Å². The number of fused-ring (bicyclic) bond motifs is 1. The van der Waals surface area contributed by atoms with Crippen molar-refractivity contribution in [3.63, 3.8) is 0 Å². The molecule has 0 fully saturated rings. The Bertz CT molecular complexity index is 1100. The number of ether oxygens (including phenoxy) is 2. The summed E-state index contributed by atoms with van der Waals surface area (Å²) in [5, 5.41) is 8.44. The van der Waals surface area contributed by atoms with Crippen LogP contribution in [0, 0.1) is 13.8 Å². The molecule has 1 aliphatic rings. The zero-order valence-electron chi connectivity index (χ0n) is 16.6. The average molecular weight is 446 g/mol. The van der Waals surface area contributed by atoms with Crippen molar-refractivity contribution in [2.75, 3.05) is 13.2 Å². The van der Waals surface area contributed by atoms with Gasteiger partial charge in [0, 0.05) is 11.3 Å². The van der Waals surface area contributed by atoms with E-state index in [-0.39, 0.29) is 18.4 Å². The second-order valence-electron chi connectivity index (χ2n) is 7.14. The Kier molecular flexibility index (Phi) is 5.88. The summed E-state index contributed by atoms with van der Waals surface area (Å²) in [7, 11) is 0. The Morgan fingerprint density at radius 1 is 1.17 bits per heavy atom. The summed E-state index contributed by atoms with van der Waals surface area (Å²) >= 11 is 12.1. The third-order valence-corrected chi connectivity index (χ3v) is 5.76. The Labute approximate surface area is 184 Å². The van der Waals surface area contributed by atoms with E-state index in [4.69, 9.17) is 32.7 Å². The first-order valence-corrected chi connectivity index (χ1v) is 10.3. The second-order valence-corrected chi connectivity index (χ2v) is 7.95. The molecule has 6 nitrogen and oxygen atoms in total. The number of rotatable bonds is 5. The van der Waals surface area contributed by atoms with Crippen LogP contribution in [0.3, 0.4) is 0 Å². The van der Waals surface area contributed by atoms with E-state index in [1.54, 1.807) is 16.8 Å². The topological polar surface area (TPSA) is 65.4 Å². The van der Waals surface area contributed by atoms with E-state index in [0.717, 1.165) is 28.4 Å². The van der Waals surface area contributed by atoms with Crippen molar-refractivity contribution in [3.05, 3.63) is 69.5 Å². The van der Waals surface area contributed by atoms with Gasteiger partial charge in [0.25, 0.3) is 0 Å². The molecule has 3 aromatic rings. The molecule has 2 aromatic carbocycles. The lowest BCUT2D eigenvalue weighted by Gasteiger charge is -2.26. The molecule has 1 atom stereocenters. The molecule has 156 valence electrons. The number of aromatic nitrogens is 2. The first-order chi connectivity index (χ1) is 14.4. The predicted molar refractivity (Wildman–Crippen MR) is 116 cm³/mol. The minimum absolute atomic E-state index is 0.0997. The van der Waals surface area contributed by atoms with Crippen molar-refractivity contribution in [2.45, 2.75) is 26.4 Å². The van der Waals surface area contributed by atoms with Crippen LogP contribution < -0.4 is 14.8 Å². The Balaban J connectivity index is 1.40. The monoisotopic (exact) mass is 445 g/mol. The molecular weight excluding hydrogens is 425 g/mol. The van der Waals surface area contributed by atoms with Crippen molar-refractivity contribution in [1.29, 1.82) is 0 Å². The fourth-order valence-corrected chi connectivity index (χ4v) is 3.71. The van der Waals surface area contributed by atoms with E-state index in [1.807, 2.05) is 44.2 Å². The molecule has 0 radical (unpaired) electrons. The largest absolute Gasteiger partial charge is 0.486 e. The van der Waals surface area contributed by atoms with Gasteiger partial charge in [-0.05, 0) is 44.2 Å². The summed E-state index contributed by atoms with van der Waals surface area (Å²) in [6.07, 6.45) is -0.00615. The summed E-state index contributed by atoms with van der Waals surface area (Å²) in [6.45, 7) is 4.58. The molecule has 4 rings (SSSR count). The lowest BCUT2D eigenvalue weighted by Crippen LogP contribution is -2.41. The van der Waals surface area contributed by atoms with Crippen LogP contribution in [0.2, 0.25) is 10.0 Å². The standard InChI is InChI=1S/C22H21Cl2N3O3/c1-13-17(14(2)27(26-13)15-7-8-18(23)19(24)9-15)10-22(28)25-11-16-12-29-20-5-3-4-6-21(20)30-16/h3-9,16H,10-12H2,1-2H3,(H,25,28)/t16-/m1/s1. The minimum Gasteiger partial charge on any atom is -0.486 e. The van der Waals surface area contributed by atoms with E-state index >= 15 is 0 Å². The van der Waals surface area contributed by atoms with E-state index in [2.05, 4.69) is 10.4 Å². The molecule has 8 heteroatoms. The number of carbonyl (C=O) groups excluding carboxylic acids is 1. The van der Waals surface area contributed by atoms with Gasteiger partial charge in [0.05, 0.1) is 34.4 Å². The van der Waals surface area contributed by atoms with Crippen molar-refractivity contribution >= 4 is 29.1 Å². The summed E-state index contributed by atoms with van der Waals surface area (Å²) in [5.74, 6) is 1.32. The number of hydrogen-bond acceptors (Lipinski definition) is 4. The van der Waals surface area contributed by atoms with Gasteiger partial charge in [-0.3, -0.25) is 4.79 Å². The first kappa shape index (κ1) is 20.6. The van der Waals surface area contributed by atoms with Crippen LogP contribution in [0.5, 0.6) is 11.5 Å². The maximum atomic E-state index is 12.6. The fourth-order valence-electron chi connectivity index (χ4n) is 3.41. The normalized spacial score (nSPS) is 15.1. The summed E-state index contributed by atoms with van der Waals surface area (Å²) in [4.78, 5) is 12.6. The minimum atomic E-state index is -0.232. The van der Waals surface area contributed by atoms with Crippen molar-refractivity contribution in [1.82, 2.24) is 15.1 Å². The van der Waals surface area contributed by atoms with E-state index in [9.17, 15) is 4.79 Å². The quantitative estimate of drug-likeness (QED) is 0.635. The number of aryl methyl sites for hydroxylation is 1. The van der Waals surface area contributed by atoms with E-state index in [1.165, 1.54) is 0 Å². The highest BCUT2D eigenvalue weighted by Crippen LogP contribution is 2.30. The molecule has 0 bridgehead atoms. The van der Waals surface area contributed by atoms with Gasteiger partial charge >= 0.3 is 0 Å².